The van der Waals surface area contributed by atoms with Crippen LogP contribution in [0.5, 0.6) is 0 Å². The van der Waals surface area contributed by atoms with Crippen LogP contribution < -0.4 is 5.32 Å². The molecule has 5 aromatic rings. The number of benzene rings is 3. The molecule has 1 atom stereocenters. The zero-order chi connectivity index (χ0) is 28.5. The molecule has 3 aromatic carbocycles. The zero-order valence-electron chi connectivity index (χ0n) is 23.2. The molecule has 8 heteroatoms. The Morgan fingerprint density at radius 3 is 2.41 bits per heavy atom. The first-order chi connectivity index (χ1) is 20.0. The highest BCUT2D eigenvalue weighted by atomic mass is 16.5. The highest BCUT2D eigenvalue weighted by molar-refractivity contribution is 6.01. The molecule has 2 amide bonds. The Labute approximate surface area is 238 Å². The summed E-state index contributed by atoms with van der Waals surface area (Å²) in [7, 11) is 1.33. The van der Waals surface area contributed by atoms with Gasteiger partial charge in [0.1, 0.15) is 5.82 Å². The van der Waals surface area contributed by atoms with Crippen molar-refractivity contribution in [2.45, 2.75) is 32.9 Å². The van der Waals surface area contributed by atoms with E-state index in [4.69, 9.17) is 9.84 Å². The van der Waals surface area contributed by atoms with Crippen molar-refractivity contribution in [2.75, 3.05) is 12.4 Å². The van der Waals surface area contributed by atoms with E-state index in [1.807, 2.05) is 59.1 Å². The average Bonchev–Trinajstić information content (AvgIpc) is 3.59. The maximum atomic E-state index is 14.3. The van der Waals surface area contributed by atoms with Crippen molar-refractivity contribution in [2.24, 2.45) is 0 Å². The number of methoxy groups -OCH3 is 1. The molecule has 41 heavy (non-hydrogen) atoms. The van der Waals surface area contributed by atoms with Crippen molar-refractivity contribution in [1.82, 2.24) is 19.2 Å². The van der Waals surface area contributed by atoms with Crippen LogP contribution >= 0.6 is 0 Å². The van der Waals surface area contributed by atoms with Gasteiger partial charge in [-0.05, 0) is 55.3 Å². The number of aromatic nitrogens is 3. The van der Waals surface area contributed by atoms with Crippen molar-refractivity contribution in [3.8, 4) is 11.5 Å². The number of esters is 1. The Balaban J connectivity index is 1.53. The molecule has 0 aliphatic carbocycles. The van der Waals surface area contributed by atoms with E-state index in [9.17, 15) is 9.59 Å². The normalized spacial score (nSPS) is 14.1. The van der Waals surface area contributed by atoms with Gasteiger partial charge in [-0.3, -0.25) is 0 Å². The molecule has 0 spiro atoms. The van der Waals surface area contributed by atoms with E-state index in [1.165, 1.54) is 7.11 Å². The number of nitrogens with zero attached hydrogens (tertiary/aromatic N) is 4. The molecule has 0 bridgehead atoms. The first kappa shape index (κ1) is 26.1. The van der Waals surface area contributed by atoms with Crippen molar-refractivity contribution in [1.29, 1.82) is 0 Å². The van der Waals surface area contributed by atoms with Gasteiger partial charge in [-0.25, -0.2) is 14.3 Å². The topological polar surface area (TPSA) is 81.4 Å². The van der Waals surface area contributed by atoms with Gasteiger partial charge in [-0.15, -0.1) is 0 Å². The molecule has 0 unspecified atom stereocenters. The molecule has 0 radical (unpaired) electrons. The average molecular weight is 546 g/mol. The number of fused-ring (bicyclic) bond motifs is 3. The largest absolute Gasteiger partial charge is 0.465 e. The Bertz CT molecular complexity index is 1720. The summed E-state index contributed by atoms with van der Waals surface area (Å²) in [6.07, 6.45) is 2.73. The lowest BCUT2D eigenvalue weighted by Gasteiger charge is -2.31. The number of hydrogen-bond donors (Lipinski definition) is 1. The maximum absolute atomic E-state index is 14.3. The summed E-state index contributed by atoms with van der Waals surface area (Å²) < 4.78 is 9.08. The smallest absolute Gasteiger partial charge is 0.339 e. The maximum Gasteiger partial charge on any atom is 0.339 e. The quantitative estimate of drug-likeness (QED) is 0.257. The van der Waals surface area contributed by atoms with Crippen LogP contribution in [0.25, 0.3) is 11.5 Å². The second-order valence-corrected chi connectivity index (χ2v) is 10.1. The molecule has 0 saturated carbocycles. The molecule has 206 valence electrons. The third kappa shape index (κ3) is 4.67. The molecule has 0 saturated heterocycles. The first-order valence-corrected chi connectivity index (χ1v) is 13.7. The van der Waals surface area contributed by atoms with Gasteiger partial charge >= 0.3 is 12.0 Å². The second-order valence-electron chi connectivity index (χ2n) is 10.1. The van der Waals surface area contributed by atoms with Gasteiger partial charge in [0, 0.05) is 11.8 Å². The third-order valence-electron chi connectivity index (χ3n) is 7.53. The number of amides is 2. The third-order valence-corrected chi connectivity index (χ3v) is 7.53. The standard InChI is InChI=1S/C33H31N5O3/c1-4-27-26-21-37(33(40)34-28-14-9-8-13-25(28)32(39)41-3)30(23-18-16-22(2)17-19-23)29-15-10-20-36(29)31(26)38(35-27)24-11-6-5-7-12-24/h5-20,30H,4,21H2,1-3H3,(H,34,40)/t30-/m1/s1. The monoisotopic (exact) mass is 545 g/mol. The Hall–Kier alpha value is -5.11. The van der Waals surface area contributed by atoms with Crippen LogP contribution in [-0.4, -0.2) is 38.4 Å². The SMILES string of the molecule is CCc1nn(-c2ccccc2)c2c1CN(C(=O)Nc1ccccc1C(=O)OC)[C@H](c1ccc(C)cc1)c1cccn1-2. The van der Waals surface area contributed by atoms with Crippen LogP contribution in [-0.2, 0) is 17.7 Å². The summed E-state index contributed by atoms with van der Waals surface area (Å²) in [5, 5.41) is 8.03. The van der Waals surface area contributed by atoms with Gasteiger partial charge in [-0.1, -0.05) is 67.1 Å². The van der Waals surface area contributed by atoms with Crippen LogP contribution in [0.4, 0.5) is 10.5 Å². The molecule has 0 fully saturated rings. The molecule has 8 nitrogen and oxygen atoms in total. The number of carbonyl (C=O) groups excluding carboxylic acids is 2. The molecular formula is C33H31N5O3. The molecule has 2 aromatic heterocycles. The number of urea groups is 1. The van der Waals surface area contributed by atoms with E-state index in [1.54, 1.807) is 24.3 Å². The van der Waals surface area contributed by atoms with E-state index >= 15 is 0 Å². The fraction of sp³-hybridized carbons (Fsp3) is 0.182. The number of ether oxygens (including phenoxy) is 1. The second kappa shape index (κ2) is 10.8. The van der Waals surface area contributed by atoms with Gasteiger partial charge in [-0.2, -0.15) is 5.10 Å². The minimum Gasteiger partial charge on any atom is -0.465 e. The molecule has 3 heterocycles. The van der Waals surface area contributed by atoms with Gasteiger partial charge < -0.3 is 19.5 Å². The van der Waals surface area contributed by atoms with Crippen LogP contribution in [0.3, 0.4) is 0 Å². The van der Waals surface area contributed by atoms with Crippen molar-refractivity contribution in [3.63, 3.8) is 0 Å². The van der Waals surface area contributed by atoms with E-state index in [0.717, 1.165) is 39.6 Å². The summed E-state index contributed by atoms with van der Waals surface area (Å²) >= 11 is 0. The highest BCUT2D eigenvalue weighted by Gasteiger charge is 2.36. The summed E-state index contributed by atoms with van der Waals surface area (Å²) in [4.78, 5) is 28.6. The Kier molecular flexibility index (Phi) is 6.89. The minimum atomic E-state index is -0.513. The fourth-order valence-corrected chi connectivity index (χ4v) is 5.51. The number of hydrogen-bond acceptors (Lipinski definition) is 4. The van der Waals surface area contributed by atoms with Crippen LogP contribution in [0, 0.1) is 6.92 Å². The van der Waals surface area contributed by atoms with Gasteiger partial charge in [0.05, 0.1) is 48.0 Å². The van der Waals surface area contributed by atoms with E-state index in [0.29, 0.717) is 24.2 Å². The molecule has 1 aliphatic heterocycles. The fourth-order valence-electron chi connectivity index (χ4n) is 5.51. The number of nitrogens with one attached hydrogen (secondary N) is 1. The molecule has 1 aliphatic rings. The number of aryl methyl sites for hydroxylation is 2. The Morgan fingerprint density at radius 2 is 1.68 bits per heavy atom. The molecular weight excluding hydrogens is 514 g/mol. The van der Waals surface area contributed by atoms with Crippen LogP contribution in [0.15, 0.2) is 97.2 Å². The lowest BCUT2D eigenvalue weighted by atomic mass is 10.0. The van der Waals surface area contributed by atoms with Crippen molar-refractivity contribution < 1.29 is 14.3 Å². The summed E-state index contributed by atoms with van der Waals surface area (Å²) in [6, 6.07) is 28.5. The zero-order valence-corrected chi connectivity index (χ0v) is 23.2. The summed E-state index contributed by atoms with van der Waals surface area (Å²) in [5.74, 6) is 0.399. The summed E-state index contributed by atoms with van der Waals surface area (Å²) in [6.45, 7) is 4.44. The number of rotatable bonds is 5. The number of anilines is 1. The van der Waals surface area contributed by atoms with Crippen LogP contribution in [0.2, 0.25) is 0 Å². The predicted octanol–water partition coefficient (Wildman–Crippen LogP) is 6.46. The lowest BCUT2D eigenvalue weighted by molar-refractivity contribution is 0.0602. The van der Waals surface area contributed by atoms with E-state index < -0.39 is 12.0 Å². The number of carbonyl (C=O) groups is 2. The lowest BCUT2D eigenvalue weighted by Crippen LogP contribution is -2.38. The first-order valence-electron chi connectivity index (χ1n) is 13.7. The number of para-hydroxylation sites is 2. The highest BCUT2D eigenvalue weighted by Crippen LogP contribution is 2.39. The van der Waals surface area contributed by atoms with Crippen molar-refractivity contribution >= 4 is 17.7 Å². The molecule has 6 rings (SSSR count). The van der Waals surface area contributed by atoms with E-state index in [-0.39, 0.29) is 6.03 Å². The Morgan fingerprint density at radius 1 is 0.951 bits per heavy atom. The van der Waals surface area contributed by atoms with Gasteiger partial charge in [0.15, 0.2) is 0 Å². The molecule has 1 N–H and O–H groups in total. The minimum absolute atomic E-state index is 0.292. The van der Waals surface area contributed by atoms with E-state index in [2.05, 4.69) is 47.1 Å². The predicted molar refractivity (Wildman–Crippen MR) is 158 cm³/mol. The van der Waals surface area contributed by atoms with Crippen LogP contribution in [0.1, 0.15) is 51.4 Å². The van der Waals surface area contributed by atoms with Gasteiger partial charge in [0.25, 0.3) is 0 Å². The summed E-state index contributed by atoms with van der Waals surface area (Å²) in [5.41, 5.74) is 6.57. The van der Waals surface area contributed by atoms with Gasteiger partial charge in [0.2, 0.25) is 0 Å². The van der Waals surface area contributed by atoms with Crippen molar-refractivity contribution in [3.05, 3.63) is 131 Å².